The Labute approximate surface area is 135 Å². The average Bonchev–Trinajstić information content (AvgIpc) is 2.30. The highest BCUT2D eigenvalue weighted by Crippen LogP contribution is 2.33. The summed E-state index contributed by atoms with van der Waals surface area (Å²) in [6.45, 7) is 5.42. The number of carboxylic acids is 1. The standard InChI is InChI=1S/C13H16FIN2O4/c1-13(2,3)11(6-12(18)19)16-9-4-7(14)8(15)5-10(9)17(20)21/h4-5,11,16H,6H2,1-3H3,(H,18,19). The molecule has 1 aromatic carbocycles. The molecule has 6 nitrogen and oxygen atoms in total. The van der Waals surface area contributed by atoms with Crippen LogP contribution in [0.15, 0.2) is 12.1 Å². The highest BCUT2D eigenvalue weighted by molar-refractivity contribution is 14.1. The van der Waals surface area contributed by atoms with Crippen LogP contribution in [0.3, 0.4) is 0 Å². The van der Waals surface area contributed by atoms with Crippen molar-refractivity contribution < 1.29 is 19.2 Å². The number of carboxylic acid groups (broad SMARTS) is 1. The molecule has 0 saturated heterocycles. The predicted octanol–water partition coefficient (Wildman–Crippen LogP) is 3.64. The maximum Gasteiger partial charge on any atom is 0.305 e. The van der Waals surface area contributed by atoms with Crippen molar-refractivity contribution in [1.29, 1.82) is 0 Å². The Morgan fingerprint density at radius 1 is 1.52 bits per heavy atom. The average molecular weight is 410 g/mol. The summed E-state index contributed by atoms with van der Waals surface area (Å²) in [4.78, 5) is 21.4. The molecule has 1 aromatic rings. The Bertz CT molecular complexity index is 572. The van der Waals surface area contributed by atoms with Gasteiger partial charge < -0.3 is 10.4 Å². The number of halogens is 2. The molecule has 0 bridgehead atoms. The zero-order valence-electron chi connectivity index (χ0n) is 11.8. The molecule has 0 amide bonds. The lowest BCUT2D eigenvalue weighted by Crippen LogP contribution is -2.36. The lowest BCUT2D eigenvalue weighted by Gasteiger charge is -2.31. The van der Waals surface area contributed by atoms with Crippen molar-refractivity contribution >= 4 is 39.9 Å². The Balaban J connectivity index is 3.22. The molecule has 0 aliphatic carbocycles. The first-order chi connectivity index (χ1) is 9.52. The summed E-state index contributed by atoms with van der Waals surface area (Å²) in [6.07, 6.45) is -0.228. The maximum atomic E-state index is 13.6. The van der Waals surface area contributed by atoms with E-state index in [0.717, 1.165) is 12.1 Å². The van der Waals surface area contributed by atoms with Crippen LogP contribution in [0.2, 0.25) is 0 Å². The number of carbonyl (C=O) groups is 1. The number of nitrogens with one attached hydrogen (secondary N) is 1. The van der Waals surface area contributed by atoms with E-state index in [1.54, 1.807) is 22.6 Å². The fourth-order valence-electron chi connectivity index (χ4n) is 1.74. The fourth-order valence-corrected chi connectivity index (χ4v) is 2.19. The minimum Gasteiger partial charge on any atom is -0.481 e. The van der Waals surface area contributed by atoms with Gasteiger partial charge in [-0.05, 0) is 28.0 Å². The topological polar surface area (TPSA) is 92.5 Å². The van der Waals surface area contributed by atoms with Crippen LogP contribution < -0.4 is 5.32 Å². The van der Waals surface area contributed by atoms with Crippen molar-refractivity contribution in [2.24, 2.45) is 5.41 Å². The zero-order valence-corrected chi connectivity index (χ0v) is 14.0. The third-order valence-electron chi connectivity index (χ3n) is 2.99. The SMILES string of the molecule is CC(C)(C)C(CC(=O)O)Nc1cc(F)c(I)cc1[N+](=O)[O-]. The van der Waals surface area contributed by atoms with Gasteiger partial charge in [0.1, 0.15) is 11.5 Å². The lowest BCUT2D eigenvalue weighted by atomic mass is 9.84. The van der Waals surface area contributed by atoms with Gasteiger partial charge in [0.15, 0.2) is 0 Å². The highest BCUT2D eigenvalue weighted by atomic mass is 127. The smallest absolute Gasteiger partial charge is 0.305 e. The second kappa shape index (κ2) is 6.54. The van der Waals surface area contributed by atoms with Gasteiger partial charge in [-0.1, -0.05) is 20.8 Å². The molecule has 0 heterocycles. The summed E-state index contributed by atoms with van der Waals surface area (Å²) in [6, 6.07) is 1.58. The molecule has 1 unspecified atom stereocenters. The number of nitrogens with zero attached hydrogens (tertiary/aromatic N) is 1. The van der Waals surface area contributed by atoms with Crippen LogP contribution in [0.25, 0.3) is 0 Å². The monoisotopic (exact) mass is 410 g/mol. The molecule has 0 aliphatic heterocycles. The first-order valence-corrected chi connectivity index (χ1v) is 7.22. The number of hydrogen-bond donors (Lipinski definition) is 2. The van der Waals surface area contributed by atoms with Gasteiger partial charge in [-0.15, -0.1) is 0 Å². The summed E-state index contributed by atoms with van der Waals surface area (Å²) in [5, 5.41) is 22.8. The molecule has 21 heavy (non-hydrogen) atoms. The maximum absolute atomic E-state index is 13.6. The van der Waals surface area contributed by atoms with Crippen LogP contribution in [0.4, 0.5) is 15.8 Å². The minimum atomic E-state index is -1.03. The number of anilines is 1. The molecular formula is C13H16FIN2O4. The molecule has 0 saturated carbocycles. The predicted molar refractivity (Wildman–Crippen MR) is 84.9 cm³/mol. The Hall–Kier alpha value is -1.45. The fraction of sp³-hybridized carbons (Fsp3) is 0.462. The molecule has 1 rings (SSSR count). The Kier molecular flexibility index (Phi) is 5.48. The van der Waals surface area contributed by atoms with E-state index < -0.39 is 28.2 Å². The van der Waals surface area contributed by atoms with Gasteiger partial charge in [0.2, 0.25) is 0 Å². The van der Waals surface area contributed by atoms with Crippen LogP contribution in [-0.2, 0) is 4.79 Å². The van der Waals surface area contributed by atoms with Crippen LogP contribution in [-0.4, -0.2) is 22.0 Å². The van der Waals surface area contributed by atoms with Gasteiger partial charge in [-0.3, -0.25) is 14.9 Å². The number of hydrogen-bond acceptors (Lipinski definition) is 4. The van der Waals surface area contributed by atoms with E-state index in [4.69, 9.17) is 5.11 Å². The summed E-state index contributed by atoms with van der Waals surface area (Å²) in [5.41, 5.74) is -0.759. The van der Waals surface area contributed by atoms with E-state index in [-0.39, 0.29) is 21.4 Å². The molecule has 2 N–H and O–H groups in total. The zero-order chi connectivity index (χ0) is 16.4. The summed E-state index contributed by atoms with van der Waals surface area (Å²) in [5.74, 6) is -1.62. The van der Waals surface area contributed by atoms with Crippen molar-refractivity contribution in [3.8, 4) is 0 Å². The number of aliphatic carboxylic acids is 1. The van der Waals surface area contributed by atoms with Crippen molar-refractivity contribution in [3.63, 3.8) is 0 Å². The van der Waals surface area contributed by atoms with Crippen LogP contribution in [0.5, 0.6) is 0 Å². The number of benzene rings is 1. The van der Waals surface area contributed by atoms with Gasteiger partial charge in [-0.25, -0.2) is 4.39 Å². The molecule has 116 valence electrons. The third-order valence-corrected chi connectivity index (χ3v) is 3.82. The van der Waals surface area contributed by atoms with E-state index in [1.165, 1.54) is 0 Å². The van der Waals surface area contributed by atoms with E-state index >= 15 is 0 Å². The third kappa shape index (κ3) is 4.80. The van der Waals surface area contributed by atoms with Crippen molar-refractivity contribution in [3.05, 3.63) is 31.6 Å². The van der Waals surface area contributed by atoms with Crippen molar-refractivity contribution in [1.82, 2.24) is 0 Å². The van der Waals surface area contributed by atoms with Crippen LogP contribution in [0.1, 0.15) is 27.2 Å². The molecule has 0 radical (unpaired) electrons. The molecule has 8 heteroatoms. The first-order valence-electron chi connectivity index (χ1n) is 6.14. The number of rotatable bonds is 5. The minimum absolute atomic E-state index is 0.0147. The molecule has 0 spiro atoms. The van der Waals surface area contributed by atoms with E-state index in [9.17, 15) is 19.3 Å². The molecule has 0 aromatic heterocycles. The Morgan fingerprint density at radius 2 is 2.10 bits per heavy atom. The quantitative estimate of drug-likeness (QED) is 0.439. The van der Waals surface area contributed by atoms with Crippen LogP contribution in [0, 0.1) is 24.9 Å². The largest absolute Gasteiger partial charge is 0.481 e. The number of nitro benzene ring substituents is 1. The first kappa shape index (κ1) is 17.6. The summed E-state index contributed by atoms with van der Waals surface area (Å²) in [7, 11) is 0. The van der Waals surface area contributed by atoms with Gasteiger partial charge in [0, 0.05) is 18.2 Å². The van der Waals surface area contributed by atoms with Gasteiger partial charge in [-0.2, -0.15) is 0 Å². The second-order valence-electron chi connectivity index (χ2n) is 5.70. The van der Waals surface area contributed by atoms with Gasteiger partial charge >= 0.3 is 5.97 Å². The van der Waals surface area contributed by atoms with Crippen molar-refractivity contribution in [2.45, 2.75) is 33.2 Å². The molecule has 0 fully saturated rings. The van der Waals surface area contributed by atoms with E-state index in [1.807, 2.05) is 20.8 Å². The van der Waals surface area contributed by atoms with Crippen molar-refractivity contribution in [2.75, 3.05) is 5.32 Å². The second-order valence-corrected chi connectivity index (χ2v) is 6.86. The highest BCUT2D eigenvalue weighted by Gasteiger charge is 2.29. The van der Waals surface area contributed by atoms with Crippen LogP contribution >= 0.6 is 22.6 Å². The summed E-state index contributed by atoms with van der Waals surface area (Å²) >= 11 is 1.67. The molecular weight excluding hydrogens is 394 g/mol. The molecule has 0 aliphatic rings. The van der Waals surface area contributed by atoms with E-state index in [2.05, 4.69) is 5.32 Å². The Morgan fingerprint density at radius 3 is 2.52 bits per heavy atom. The lowest BCUT2D eigenvalue weighted by molar-refractivity contribution is -0.384. The van der Waals surface area contributed by atoms with E-state index in [0.29, 0.717) is 0 Å². The number of nitro groups is 1. The van der Waals surface area contributed by atoms with Gasteiger partial charge in [0.25, 0.3) is 5.69 Å². The molecule has 1 atom stereocenters. The summed E-state index contributed by atoms with van der Waals surface area (Å²) < 4.78 is 13.8. The van der Waals surface area contributed by atoms with Gasteiger partial charge in [0.05, 0.1) is 14.9 Å². The normalized spacial score (nSPS) is 12.8.